The number of benzene rings is 4. The number of amides is 2. The number of rotatable bonds is 6. The van der Waals surface area contributed by atoms with Crippen LogP contribution in [-0.4, -0.2) is 31.1 Å². The van der Waals surface area contributed by atoms with Crippen LogP contribution in [0.3, 0.4) is 0 Å². The number of anilines is 2. The van der Waals surface area contributed by atoms with Gasteiger partial charge in [0, 0.05) is 29.3 Å². The number of halogens is 1. The summed E-state index contributed by atoms with van der Waals surface area (Å²) >= 11 is 5.90. The number of phenolic OH excluding ortho intramolecular Hbond substituents is 1. The SMILES string of the molecule is COc1cc(C(=O)N(C)c2ccc(Cl)cc2O)ccc1NC(=O)c1cc(C)ccc1-c1ccccc1. The zero-order valence-corrected chi connectivity index (χ0v) is 20.8. The Hall–Kier alpha value is -4.29. The summed E-state index contributed by atoms with van der Waals surface area (Å²) in [6, 6.07) is 24.7. The van der Waals surface area contributed by atoms with Crippen LogP contribution in [-0.2, 0) is 0 Å². The van der Waals surface area contributed by atoms with Gasteiger partial charge in [0.25, 0.3) is 11.8 Å². The Kier molecular flexibility index (Phi) is 7.27. The number of ether oxygens (including phenoxy) is 1. The summed E-state index contributed by atoms with van der Waals surface area (Å²) in [6.45, 7) is 1.93. The summed E-state index contributed by atoms with van der Waals surface area (Å²) in [5, 5.41) is 13.5. The van der Waals surface area contributed by atoms with E-state index in [4.69, 9.17) is 16.3 Å². The third-order valence-corrected chi connectivity index (χ3v) is 6.04. The van der Waals surface area contributed by atoms with Gasteiger partial charge in [0.05, 0.1) is 18.5 Å². The van der Waals surface area contributed by atoms with Crippen molar-refractivity contribution in [2.24, 2.45) is 0 Å². The average Bonchev–Trinajstić information content (AvgIpc) is 2.88. The van der Waals surface area contributed by atoms with Gasteiger partial charge in [-0.05, 0) is 54.4 Å². The number of nitrogens with zero attached hydrogens (tertiary/aromatic N) is 1. The third kappa shape index (κ3) is 5.19. The van der Waals surface area contributed by atoms with Gasteiger partial charge in [-0.3, -0.25) is 9.59 Å². The Morgan fingerprint density at radius 2 is 1.69 bits per heavy atom. The molecule has 0 radical (unpaired) electrons. The van der Waals surface area contributed by atoms with E-state index in [9.17, 15) is 14.7 Å². The Bertz CT molecular complexity index is 1440. The molecule has 0 bridgehead atoms. The van der Waals surface area contributed by atoms with Crippen LogP contribution < -0.4 is 15.0 Å². The molecule has 0 spiro atoms. The number of carbonyl (C=O) groups excluding carboxylic acids is 2. The Labute approximate surface area is 214 Å². The molecule has 0 aliphatic carbocycles. The number of hydrogen-bond donors (Lipinski definition) is 2. The molecule has 4 aromatic carbocycles. The van der Waals surface area contributed by atoms with Crippen molar-refractivity contribution in [2.75, 3.05) is 24.4 Å². The number of nitrogens with one attached hydrogen (secondary N) is 1. The van der Waals surface area contributed by atoms with E-state index >= 15 is 0 Å². The molecule has 0 aliphatic rings. The molecule has 0 aliphatic heterocycles. The minimum absolute atomic E-state index is 0.110. The minimum Gasteiger partial charge on any atom is -0.506 e. The van der Waals surface area contributed by atoms with Crippen molar-refractivity contribution in [3.05, 3.63) is 107 Å². The second-order valence-corrected chi connectivity index (χ2v) is 8.72. The largest absolute Gasteiger partial charge is 0.506 e. The number of phenols is 1. The standard InChI is InChI=1S/C29H25ClN2O4/c1-18-9-12-22(19-7-5-4-6-8-19)23(15-18)28(34)31-24-13-10-20(16-27(24)36-3)29(35)32(2)25-14-11-21(30)17-26(25)33/h4-17,33H,1-3H3,(H,31,34). The number of aromatic hydroxyl groups is 1. The molecule has 0 heterocycles. The lowest BCUT2D eigenvalue weighted by atomic mass is 9.97. The summed E-state index contributed by atoms with van der Waals surface area (Å²) in [5.41, 5.74) is 4.30. The smallest absolute Gasteiger partial charge is 0.258 e. The average molecular weight is 501 g/mol. The first-order chi connectivity index (χ1) is 17.3. The molecule has 7 heteroatoms. The molecule has 182 valence electrons. The summed E-state index contributed by atoms with van der Waals surface area (Å²) in [6.07, 6.45) is 0. The number of carbonyl (C=O) groups is 2. The molecular weight excluding hydrogens is 476 g/mol. The first-order valence-electron chi connectivity index (χ1n) is 11.2. The summed E-state index contributed by atoms with van der Waals surface area (Å²) in [7, 11) is 3.02. The van der Waals surface area contributed by atoms with Crippen LogP contribution >= 0.6 is 11.6 Å². The van der Waals surface area contributed by atoms with Crippen LogP contribution in [0.2, 0.25) is 5.02 Å². The topological polar surface area (TPSA) is 78.9 Å². The molecule has 0 atom stereocenters. The molecule has 2 N–H and O–H groups in total. The second-order valence-electron chi connectivity index (χ2n) is 8.28. The van der Waals surface area contributed by atoms with Crippen LogP contribution in [0.5, 0.6) is 11.5 Å². The maximum Gasteiger partial charge on any atom is 0.258 e. The zero-order valence-electron chi connectivity index (χ0n) is 20.1. The van der Waals surface area contributed by atoms with Crippen molar-refractivity contribution in [3.8, 4) is 22.6 Å². The summed E-state index contributed by atoms with van der Waals surface area (Å²) in [5.74, 6) is -0.439. The fourth-order valence-corrected chi connectivity index (χ4v) is 4.08. The molecule has 0 unspecified atom stereocenters. The summed E-state index contributed by atoms with van der Waals surface area (Å²) in [4.78, 5) is 27.7. The van der Waals surface area contributed by atoms with Crippen LogP contribution in [0.1, 0.15) is 26.3 Å². The van der Waals surface area contributed by atoms with E-state index in [0.717, 1.165) is 16.7 Å². The zero-order chi connectivity index (χ0) is 25.8. The van der Waals surface area contributed by atoms with E-state index < -0.39 is 0 Å². The van der Waals surface area contributed by atoms with Crippen LogP contribution in [0.15, 0.2) is 84.9 Å². The second kappa shape index (κ2) is 10.5. The van der Waals surface area contributed by atoms with E-state index in [1.54, 1.807) is 37.4 Å². The highest BCUT2D eigenvalue weighted by molar-refractivity contribution is 6.30. The normalized spacial score (nSPS) is 10.6. The first kappa shape index (κ1) is 24.8. The van der Waals surface area contributed by atoms with Crippen molar-refractivity contribution in [1.29, 1.82) is 0 Å². The highest BCUT2D eigenvalue weighted by atomic mass is 35.5. The highest BCUT2D eigenvalue weighted by Crippen LogP contribution is 2.32. The van der Waals surface area contributed by atoms with Gasteiger partial charge >= 0.3 is 0 Å². The van der Waals surface area contributed by atoms with Gasteiger partial charge in [0.1, 0.15) is 11.5 Å². The van der Waals surface area contributed by atoms with Gasteiger partial charge in [0.15, 0.2) is 0 Å². The molecule has 0 saturated carbocycles. The van der Waals surface area contributed by atoms with Crippen LogP contribution in [0.4, 0.5) is 11.4 Å². The van der Waals surface area contributed by atoms with Crippen molar-refractivity contribution in [3.63, 3.8) is 0 Å². The highest BCUT2D eigenvalue weighted by Gasteiger charge is 2.20. The van der Waals surface area contributed by atoms with E-state index in [1.807, 2.05) is 55.5 Å². The van der Waals surface area contributed by atoms with Gasteiger partial charge in [-0.25, -0.2) is 0 Å². The number of methoxy groups -OCH3 is 1. The van der Waals surface area contributed by atoms with E-state index in [1.165, 1.54) is 18.1 Å². The van der Waals surface area contributed by atoms with Gasteiger partial charge < -0.3 is 20.1 Å². The maximum absolute atomic E-state index is 13.3. The Morgan fingerprint density at radius 3 is 2.39 bits per heavy atom. The quantitative estimate of drug-likeness (QED) is 0.314. The van der Waals surface area contributed by atoms with Gasteiger partial charge in [0.2, 0.25) is 0 Å². The van der Waals surface area contributed by atoms with Crippen molar-refractivity contribution < 1.29 is 19.4 Å². The van der Waals surface area contributed by atoms with Crippen LogP contribution in [0, 0.1) is 6.92 Å². The molecule has 4 rings (SSSR count). The maximum atomic E-state index is 13.3. The monoisotopic (exact) mass is 500 g/mol. The number of aryl methyl sites for hydroxylation is 1. The van der Waals surface area contributed by atoms with Crippen molar-refractivity contribution in [2.45, 2.75) is 6.92 Å². The molecule has 0 saturated heterocycles. The molecule has 6 nitrogen and oxygen atoms in total. The number of hydrogen-bond acceptors (Lipinski definition) is 4. The predicted molar refractivity (Wildman–Crippen MR) is 143 cm³/mol. The predicted octanol–water partition coefficient (Wildman–Crippen LogP) is 6.56. The van der Waals surface area contributed by atoms with E-state index in [2.05, 4.69) is 5.32 Å². The first-order valence-corrected chi connectivity index (χ1v) is 11.6. The summed E-state index contributed by atoms with van der Waals surface area (Å²) < 4.78 is 5.48. The minimum atomic E-state index is -0.367. The molecule has 2 amide bonds. The molecule has 0 aromatic heterocycles. The molecule has 0 fully saturated rings. The fourth-order valence-electron chi connectivity index (χ4n) is 3.92. The Balaban J connectivity index is 1.61. The molecular formula is C29H25ClN2O4. The third-order valence-electron chi connectivity index (χ3n) is 5.80. The molecule has 4 aromatic rings. The lowest BCUT2D eigenvalue weighted by molar-refractivity contribution is 0.0990. The van der Waals surface area contributed by atoms with Gasteiger partial charge in [-0.1, -0.05) is 59.6 Å². The van der Waals surface area contributed by atoms with Gasteiger partial charge in [-0.15, -0.1) is 0 Å². The van der Waals surface area contributed by atoms with E-state index in [-0.39, 0.29) is 17.6 Å². The lowest BCUT2D eigenvalue weighted by Crippen LogP contribution is -2.26. The van der Waals surface area contributed by atoms with Crippen molar-refractivity contribution >= 4 is 34.8 Å². The fraction of sp³-hybridized carbons (Fsp3) is 0.103. The van der Waals surface area contributed by atoms with Crippen LogP contribution in [0.25, 0.3) is 11.1 Å². The Morgan fingerprint density at radius 1 is 0.944 bits per heavy atom. The van der Waals surface area contributed by atoms with Crippen molar-refractivity contribution in [1.82, 2.24) is 0 Å². The van der Waals surface area contributed by atoms with Gasteiger partial charge in [-0.2, -0.15) is 0 Å². The molecule has 36 heavy (non-hydrogen) atoms. The lowest BCUT2D eigenvalue weighted by Gasteiger charge is -2.20. The van der Waals surface area contributed by atoms with E-state index in [0.29, 0.717) is 33.3 Å².